The van der Waals surface area contributed by atoms with Crippen molar-refractivity contribution in [3.8, 4) is 0 Å². The molecule has 96 valence electrons. The maximum atomic E-state index is 11.9. The molecule has 3 heteroatoms. The number of carbonyl (C=O) groups excluding carboxylic acids is 1. The molecule has 0 aliphatic carbocycles. The van der Waals surface area contributed by atoms with Gasteiger partial charge in [-0.3, -0.25) is 4.79 Å². The predicted octanol–water partition coefficient (Wildman–Crippen LogP) is 3.04. The highest BCUT2D eigenvalue weighted by Crippen LogP contribution is 2.06. The molecule has 1 aromatic carbocycles. The van der Waals surface area contributed by atoms with Crippen LogP contribution in [-0.4, -0.2) is 18.9 Å². The van der Waals surface area contributed by atoms with Crippen LogP contribution >= 0.6 is 0 Å². The number of rotatable bonds is 1. The Balaban J connectivity index is 0.000000265. The van der Waals surface area contributed by atoms with Crippen LogP contribution in [0.15, 0.2) is 30.3 Å². The molecule has 0 spiro atoms. The van der Waals surface area contributed by atoms with Crippen LogP contribution in [-0.2, 0) is 4.79 Å². The third kappa shape index (κ3) is 7.64. The van der Waals surface area contributed by atoms with Crippen LogP contribution in [0.4, 0.5) is 4.39 Å². The fourth-order valence-corrected chi connectivity index (χ4v) is 1.42. The lowest BCUT2D eigenvalue weighted by Crippen LogP contribution is -2.14. The summed E-state index contributed by atoms with van der Waals surface area (Å²) >= 11 is 0. The first-order valence-corrected chi connectivity index (χ1v) is 6.12. The molecule has 0 aromatic heterocycles. The molecule has 2 rings (SSSR count). The maximum absolute atomic E-state index is 11.9. The van der Waals surface area contributed by atoms with Gasteiger partial charge in [0.2, 0.25) is 0 Å². The third-order valence-electron chi connectivity index (χ3n) is 2.37. The van der Waals surface area contributed by atoms with Gasteiger partial charge in [-0.15, -0.1) is 0 Å². The summed E-state index contributed by atoms with van der Waals surface area (Å²) in [6.07, 6.45) is 1.04. The van der Waals surface area contributed by atoms with Crippen molar-refractivity contribution in [3.05, 3.63) is 36.1 Å². The summed E-state index contributed by atoms with van der Waals surface area (Å²) in [6, 6.07) is 7.94. The largest absolute Gasteiger partial charge is 0.316 e. The molecule has 1 atom stereocenters. The number of carbonyl (C=O) groups is 1. The van der Waals surface area contributed by atoms with Crippen LogP contribution in [0.25, 0.3) is 0 Å². The minimum Gasteiger partial charge on any atom is -0.316 e. The van der Waals surface area contributed by atoms with Crippen LogP contribution in [0.2, 0.25) is 0 Å². The molecule has 1 aromatic rings. The number of halogens is 1. The molecule has 17 heavy (non-hydrogen) atoms. The maximum Gasteiger partial charge on any atom is 0.134 e. The molecule has 0 radical (unpaired) electrons. The predicted molar refractivity (Wildman–Crippen MR) is 69.4 cm³/mol. The van der Waals surface area contributed by atoms with E-state index >= 15 is 0 Å². The second kappa shape index (κ2) is 9.97. The molecular formula is C14H22FNO. The summed E-state index contributed by atoms with van der Waals surface area (Å²) < 4.78 is 11.9. The second-order valence-electron chi connectivity index (χ2n) is 3.60. The average molecular weight is 239 g/mol. The number of hydrogen-bond acceptors (Lipinski definition) is 2. The Morgan fingerprint density at radius 1 is 1.29 bits per heavy atom. The lowest BCUT2D eigenvalue weighted by atomic mass is 10.1. The Hall–Kier alpha value is -1.22. The second-order valence-corrected chi connectivity index (χ2v) is 3.60. The van der Waals surface area contributed by atoms with Gasteiger partial charge >= 0.3 is 0 Å². The fourth-order valence-electron chi connectivity index (χ4n) is 1.42. The van der Waals surface area contributed by atoms with E-state index in [0.717, 1.165) is 19.5 Å². The highest BCUT2D eigenvalue weighted by Gasteiger charge is 2.17. The molecule has 1 N–H and O–H groups in total. The van der Waals surface area contributed by atoms with Crippen molar-refractivity contribution in [1.29, 1.82) is 0 Å². The highest BCUT2D eigenvalue weighted by molar-refractivity contribution is 5.78. The molecule has 0 bridgehead atoms. The van der Waals surface area contributed by atoms with Gasteiger partial charge in [0.15, 0.2) is 0 Å². The molecule has 0 saturated carbocycles. The van der Waals surface area contributed by atoms with Crippen LogP contribution in [0.3, 0.4) is 0 Å². The first-order chi connectivity index (χ1) is 8.20. The lowest BCUT2D eigenvalue weighted by Gasteiger charge is -1.98. The summed E-state index contributed by atoms with van der Waals surface area (Å²) in [7, 11) is 0. The molecule has 1 heterocycles. The minimum atomic E-state index is -0.178. The smallest absolute Gasteiger partial charge is 0.134 e. The quantitative estimate of drug-likeness (QED) is 0.816. The monoisotopic (exact) mass is 239 g/mol. The van der Waals surface area contributed by atoms with Gasteiger partial charge in [-0.1, -0.05) is 32.0 Å². The topological polar surface area (TPSA) is 29.1 Å². The Bertz CT molecular complexity index is 294. The zero-order chi connectivity index (χ0) is 13.1. The summed E-state index contributed by atoms with van der Waals surface area (Å²) in [4.78, 5) is 10.6. The Labute approximate surface area is 103 Å². The first-order valence-electron chi connectivity index (χ1n) is 6.12. The van der Waals surface area contributed by atoms with Gasteiger partial charge in [-0.2, -0.15) is 0 Å². The number of benzene rings is 1. The summed E-state index contributed by atoms with van der Waals surface area (Å²) in [5.74, 6) is 0.465. The van der Waals surface area contributed by atoms with E-state index in [4.69, 9.17) is 0 Å². The van der Waals surface area contributed by atoms with E-state index in [1.165, 1.54) is 12.1 Å². The minimum absolute atomic E-state index is 0.178. The van der Waals surface area contributed by atoms with E-state index in [-0.39, 0.29) is 5.82 Å². The lowest BCUT2D eigenvalue weighted by molar-refractivity contribution is -0.120. The SMILES string of the molecule is CC.CC(=O)C1CCNC1.Fc1ccccc1. The van der Waals surface area contributed by atoms with Crippen molar-refractivity contribution in [2.24, 2.45) is 5.92 Å². The van der Waals surface area contributed by atoms with Crippen LogP contribution in [0, 0.1) is 11.7 Å². The van der Waals surface area contributed by atoms with Crippen LogP contribution < -0.4 is 5.32 Å². The summed E-state index contributed by atoms with van der Waals surface area (Å²) in [5, 5.41) is 3.13. The average Bonchev–Trinajstić information content (AvgIpc) is 2.87. The van der Waals surface area contributed by atoms with Gasteiger partial charge in [0.1, 0.15) is 11.6 Å². The summed E-state index contributed by atoms with van der Waals surface area (Å²) in [6.45, 7) is 7.58. The zero-order valence-corrected chi connectivity index (χ0v) is 10.9. The van der Waals surface area contributed by atoms with E-state index in [1.54, 1.807) is 25.1 Å². The Kier molecular flexibility index (Phi) is 9.25. The van der Waals surface area contributed by atoms with E-state index in [2.05, 4.69) is 5.32 Å². The zero-order valence-electron chi connectivity index (χ0n) is 10.9. The van der Waals surface area contributed by atoms with Crippen molar-refractivity contribution in [3.63, 3.8) is 0 Å². The van der Waals surface area contributed by atoms with E-state index < -0.39 is 0 Å². The van der Waals surface area contributed by atoms with Gasteiger partial charge in [-0.05, 0) is 32.0 Å². The van der Waals surface area contributed by atoms with Gasteiger partial charge < -0.3 is 5.32 Å². The van der Waals surface area contributed by atoms with Crippen LogP contribution in [0.5, 0.6) is 0 Å². The molecule has 2 nitrogen and oxygen atoms in total. The molecule has 1 fully saturated rings. The van der Waals surface area contributed by atoms with E-state index in [0.29, 0.717) is 11.7 Å². The van der Waals surface area contributed by atoms with E-state index in [9.17, 15) is 9.18 Å². The van der Waals surface area contributed by atoms with Gasteiger partial charge in [-0.25, -0.2) is 4.39 Å². The highest BCUT2D eigenvalue weighted by atomic mass is 19.1. The number of Topliss-reactive ketones (excluding diaryl/α,β-unsaturated/α-hetero) is 1. The van der Waals surface area contributed by atoms with Crippen molar-refractivity contribution < 1.29 is 9.18 Å². The van der Waals surface area contributed by atoms with Crippen molar-refractivity contribution in [2.45, 2.75) is 27.2 Å². The first kappa shape index (κ1) is 15.8. The third-order valence-corrected chi connectivity index (χ3v) is 2.37. The standard InChI is InChI=1S/C6H5F.C6H11NO.C2H6/c7-6-4-2-1-3-5-6;1-5(8)6-2-3-7-4-6;1-2/h1-5H;6-7H,2-4H2,1H3;1-2H3. The molecule has 0 amide bonds. The number of nitrogens with one attached hydrogen (secondary N) is 1. The number of ketones is 1. The van der Waals surface area contributed by atoms with Crippen molar-refractivity contribution >= 4 is 5.78 Å². The van der Waals surface area contributed by atoms with Crippen molar-refractivity contribution in [1.82, 2.24) is 5.32 Å². The Morgan fingerprint density at radius 2 is 1.88 bits per heavy atom. The van der Waals surface area contributed by atoms with Gasteiger partial charge in [0, 0.05) is 12.5 Å². The van der Waals surface area contributed by atoms with Crippen LogP contribution in [0.1, 0.15) is 27.2 Å². The number of hydrogen-bond donors (Lipinski definition) is 1. The normalized spacial score (nSPS) is 17.3. The summed E-state index contributed by atoms with van der Waals surface area (Å²) in [5.41, 5.74) is 0. The van der Waals surface area contributed by atoms with E-state index in [1.807, 2.05) is 13.8 Å². The Morgan fingerprint density at radius 3 is 2.12 bits per heavy atom. The molecule has 1 aliphatic heterocycles. The van der Waals surface area contributed by atoms with Gasteiger partial charge in [0.25, 0.3) is 0 Å². The molecular weight excluding hydrogens is 217 g/mol. The van der Waals surface area contributed by atoms with Gasteiger partial charge in [0.05, 0.1) is 0 Å². The van der Waals surface area contributed by atoms with Crippen molar-refractivity contribution in [2.75, 3.05) is 13.1 Å². The fraction of sp³-hybridized carbons (Fsp3) is 0.500. The molecule has 1 aliphatic rings. The molecule has 1 saturated heterocycles. The molecule has 1 unspecified atom stereocenters.